The lowest BCUT2D eigenvalue weighted by molar-refractivity contribution is 0.627. The fourth-order valence-electron chi connectivity index (χ4n) is 2.00. The first-order valence-corrected chi connectivity index (χ1v) is 7.65. The lowest BCUT2D eigenvalue weighted by Crippen LogP contribution is -2.03. The van der Waals surface area contributed by atoms with Gasteiger partial charge in [-0.3, -0.25) is 4.98 Å². The fourth-order valence-corrected chi connectivity index (χ4v) is 2.45. The largest absolute Gasteiger partial charge is 0.357 e. The summed E-state index contributed by atoms with van der Waals surface area (Å²) in [6.45, 7) is 0. The zero-order chi connectivity index (χ0) is 16.2. The molecule has 0 spiro atoms. The number of benzene rings is 1. The highest BCUT2D eigenvalue weighted by molar-refractivity contribution is 9.10. The number of aromatic nitrogens is 3. The van der Waals surface area contributed by atoms with Crippen molar-refractivity contribution in [2.75, 3.05) is 17.7 Å². The summed E-state index contributed by atoms with van der Waals surface area (Å²) < 4.78 is 13.8. The Hall–Kier alpha value is -2.54. The molecule has 23 heavy (non-hydrogen) atoms. The molecule has 0 saturated carbocycles. The third kappa shape index (κ3) is 3.62. The van der Waals surface area contributed by atoms with Crippen molar-refractivity contribution in [3.05, 3.63) is 59.0 Å². The Kier molecular flexibility index (Phi) is 4.47. The maximum atomic E-state index is 13.2. The molecule has 0 aliphatic carbocycles. The Labute approximate surface area is 141 Å². The molecule has 2 heterocycles. The van der Waals surface area contributed by atoms with E-state index in [2.05, 4.69) is 41.5 Å². The minimum atomic E-state index is -0.310. The number of nitrogens with one attached hydrogen (secondary N) is 2. The summed E-state index contributed by atoms with van der Waals surface area (Å²) in [5.41, 5.74) is 2.14. The third-order valence-electron chi connectivity index (χ3n) is 3.07. The van der Waals surface area contributed by atoms with Gasteiger partial charge in [-0.05, 0) is 46.3 Å². The average Bonchev–Trinajstić information content (AvgIpc) is 2.58. The molecule has 2 aromatic heterocycles. The van der Waals surface area contributed by atoms with Gasteiger partial charge in [0.05, 0.1) is 17.1 Å². The Morgan fingerprint density at radius 1 is 1.04 bits per heavy atom. The van der Waals surface area contributed by atoms with Gasteiger partial charge in [-0.15, -0.1) is 0 Å². The second kappa shape index (κ2) is 6.70. The molecule has 0 amide bonds. The van der Waals surface area contributed by atoms with E-state index < -0.39 is 0 Å². The van der Waals surface area contributed by atoms with E-state index in [1.54, 1.807) is 25.4 Å². The molecule has 3 rings (SSSR count). The molecule has 0 bridgehead atoms. The zero-order valence-corrected chi connectivity index (χ0v) is 13.8. The standard InChI is InChI=1S/C16H13BrFN5/c1-19-16-22-14(13-4-2-3-7-20-13)9-15(23-16)21-12-6-5-10(18)8-11(12)17/h2-9H,1H3,(H2,19,21,22,23). The summed E-state index contributed by atoms with van der Waals surface area (Å²) in [4.78, 5) is 13.1. The van der Waals surface area contributed by atoms with Gasteiger partial charge in [0.2, 0.25) is 5.95 Å². The van der Waals surface area contributed by atoms with Crippen LogP contribution in [-0.2, 0) is 0 Å². The molecule has 1 aromatic carbocycles. The molecule has 7 heteroatoms. The Morgan fingerprint density at radius 3 is 2.61 bits per heavy atom. The van der Waals surface area contributed by atoms with Crippen LogP contribution in [0.2, 0.25) is 0 Å². The number of halogens is 2. The Balaban J connectivity index is 1.99. The fraction of sp³-hybridized carbons (Fsp3) is 0.0625. The van der Waals surface area contributed by atoms with E-state index in [1.807, 2.05) is 18.2 Å². The SMILES string of the molecule is CNc1nc(Nc2ccc(F)cc2Br)cc(-c2ccccn2)n1. The molecule has 0 fully saturated rings. The van der Waals surface area contributed by atoms with E-state index >= 15 is 0 Å². The third-order valence-corrected chi connectivity index (χ3v) is 3.73. The van der Waals surface area contributed by atoms with Crippen molar-refractivity contribution in [3.63, 3.8) is 0 Å². The van der Waals surface area contributed by atoms with Crippen molar-refractivity contribution in [2.45, 2.75) is 0 Å². The van der Waals surface area contributed by atoms with E-state index in [9.17, 15) is 4.39 Å². The summed E-state index contributed by atoms with van der Waals surface area (Å²) in [6, 6.07) is 11.8. The maximum Gasteiger partial charge on any atom is 0.225 e. The summed E-state index contributed by atoms with van der Waals surface area (Å²) in [7, 11) is 1.75. The van der Waals surface area contributed by atoms with Crippen LogP contribution in [0, 0.1) is 5.82 Å². The van der Waals surface area contributed by atoms with Crippen LogP contribution in [0.15, 0.2) is 53.1 Å². The van der Waals surface area contributed by atoms with Gasteiger partial charge in [-0.25, -0.2) is 9.37 Å². The second-order valence-electron chi connectivity index (χ2n) is 4.68. The van der Waals surface area contributed by atoms with Crippen molar-refractivity contribution in [1.29, 1.82) is 0 Å². The highest BCUT2D eigenvalue weighted by Gasteiger charge is 2.09. The first kappa shape index (κ1) is 15.4. The van der Waals surface area contributed by atoms with Crippen LogP contribution in [0.5, 0.6) is 0 Å². The van der Waals surface area contributed by atoms with E-state index in [0.29, 0.717) is 27.6 Å². The van der Waals surface area contributed by atoms with Crippen LogP contribution in [0.3, 0.4) is 0 Å². The van der Waals surface area contributed by atoms with E-state index in [0.717, 1.165) is 5.69 Å². The summed E-state index contributed by atoms with van der Waals surface area (Å²) in [6.07, 6.45) is 1.71. The van der Waals surface area contributed by atoms with Gasteiger partial charge in [0.15, 0.2) is 0 Å². The van der Waals surface area contributed by atoms with Gasteiger partial charge in [0.1, 0.15) is 11.6 Å². The number of hydrogen-bond donors (Lipinski definition) is 2. The minimum absolute atomic E-state index is 0.310. The monoisotopic (exact) mass is 373 g/mol. The smallest absolute Gasteiger partial charge is 0.225 e. The minimum Gasteiger partial charge on any atom is -0.357 e. The molecular formula is C16H13BrFN5. The molecule has 0 atom stereocenters. The maximum absolute atomic E-state index is 13.2. The van der Waals surface area contributed by atoms with Gasteiger partial charge < -0.3 is 10.6 Å². The number of hydrogen-bond acceptors (Lipinski definition) is 5. The van der Waals surface area contributed by atoms with Crippen LogP contribution in [0.25, 0.3) is 11.4 Å². The van der Waals surface area contributed by atoms with Crippen molar-refractivity contribution in [1.82, 2.24) is 15.0 Å². The van der Waals surface area contributed by atoms with Crippen molar-refractivity contribution >= 4 is 33.4 Å². The van der Waals surface area contributed by atoms with Crippen LogP contribution < -0.4 is 10.6 Å². The van der Waals surface area contributed by atoms with Crippen LogP contribution in [-0.4, -0.2) is 22.0 Å². The number of anilines is 3. The second-order valence-corrected chi connectivity index (χ2v) is 5.53. The van der Waals surface area contributed by atoms with Crippen LogP contribution in [0.4, 0.5) is 21.8 Å². The predicted molar refractivity (Wildman–Crippen MR) is 92.2 cm³/mol. The average molecular weight is 374 g/mol. The summed E-state index contributed by atoms with van der Waals surface area (Å²) in [5.74, 6) is 0.737. The highest BCUT2D eigenvalue weighted by atomic mass is 79.9. The zero-order valence-electron chi connectivity index (χ0n) is 12.2. The van der Waals surface area contributed by atoms with Gasteiger partial charge in [0, 0.05) is 23.8 Å². The molecule has 116 valence electrons. The van der Waals surface area contributed by atoms with Gasteiger partial charge >= 0.3 is 0 Å². The van der Waals surface area contributed by atoms with Gasteiger partial charge in [0.25, 0.3) is 0 Å². The topological polar surface area (TPSA) is 62.7 Å². The quantitative estimate of drug-likeness (QED) is 0.716. The normalized spacial score (nSPS) is 10.4. The summed E-state index contributed by atoms with van der Waals surface area (Å²) in [5, 5.41) is 6.08. The Bertz CT molecular complexity index is 826. The first-order valence-electron chi connectivity index (χ1n) is 6.86. The number of rotatable bonds is 4. The van der Waals surface area contributed by atoms with E-state index in [1.165, 1.54) is 12.1 Å². The van der Waals surface area contributed by atoms with E-state index in [4.69, 9.17) is 0 Å². The summed E-state index contributed by atoms with van der Waals surface area (Å²) >= 11 is 3.33. The molecule has 0 aliphatic rings. The number of nitrogens with zero attached hydrogens (tertiary/aromatic N) is 3. The van der Waals surface area contributed by atoms with Crippen LogP contribution in [0.1, 0.15) is 0 Å². The molecule has 2 N–H and O–H groups in total. The van der Waals surface area contributed by atoms with Crippen molar-refractivity contribution in [2.24, 2.45) is 0 Å². The molecule has 0 radical (unpaired) electrons. The molecule has 0 unspecified atom stereocenters. The predicted octanol–water partition coefficient (Wildman–Crippen LogP) is 4.23. The molecule has 3 aromatic rings. The Morgan fingerprint density at radius 2 is 1.91 bits per heavy atom. The molecule has 5 nitrogen and oxygen atoms in total. The van der Waals surface area contributed by atoms with Gasteiger partial charge in [-0.2, -0.15) is 4.98 Å². The van der Waals surface area contributed by atoms with Crippen molar-refractivity contribution < 1.29 is 4.39 Å². The first-order chi connectivity index (χ1) is 11.2. The number of pyridine rings is 1. The highest BCUT2D eigenvalue weighted by Crippen LogP contribution is 2.27. The van der Waals surface area contributed by atoms with E-state index in [-0.39, 0.29) is 5.82 Å². The van der Waals surface area contributed by atoms with Crippen LogP contribution >= 0.6 is 15.9 Å². The van der Waals surface area contributed by atoms with Gasteiger partial charge in [-0.1, -0.05) is 6.07 Å². The van der Waals surface area contributed by atoms with Crippen molar-refractivity contribution in [3.8, 4) is 11.4 Å². The molecule has 0 saturated heterocycles. The molecule has 0 aliphatic heterocycles. The lowest BCUT2D eigenvalue weighted by atomic mass is 10.2. The lowest BCUT2D eigenvalue weighted by Gasteiger charge is -2.11. The molecular weight excluding hydrogens is 361 g/mol.